The highest BCUT2D eigenvalue weighted by Crippen LogP contribution is 2.33. The van der Waals surface area contributed by atoms with E-state index in [0.717, 1.165) is 12.2 Å². The van der Waals surface area contributed by atoms with Crippen LogP contribution < -0.4 is 14.8 Å². The van der Waals surface area contributed by atoms with Gasteiger partial charge in [-0.2, -0.15) is 0 Å². The average Bonchev–Trinajstić information content (AvgIpc) is 2.48. The number of benzene rings is 1. The molecule has 0 amide bonds. The highest BCUT2D eigenvalue weighted by molar-refractivity contribution is 5.52. The van der Waals surface area contributed by atoms with Crippen LogP contribution in [0.5, 0.6) is 17.2 Å². The molecule has 110 valence electrons. The Morgan fingerprint density at radius 1 is 1.29 bits per heavy atom. The Hall–Kier alpha value is -2.83. The maximum Gasteiger partial charge on any atom is 0.314 e. The van der Waals surface area contributed by atoms with E-state index in [1.54, 1.807) is 18.3 Å². The van der Waals surface area contributed by atoms with E-state index in [1.807, 2.05) is 6.92 Å². The Balaban J connectivity index is 2.25. The summed E-state index contributed by atoms with van der Waals surface area (Å²) < 4.78 is 10.5. The zero-order valence-electron chi connectivity index (χ0n) is 11.7. The number of methoxy groups -OCH3 is 1. The van der Waals surface area contributed by atoms with Crippen molar-refractivity contribution >= 4 is 11.4 Å². The monoisotopic (exact) mass is 289 g/mol. The Bertz CT molecular complexity index is 646. The lowest BCUT2D eigenvalue weighted by Gasteiger charge is -2.09. The number of anilines is 1. The Kier molecular flexibility index (Phi) is 4.55. The molecule has 21 heavy (non-hydrogen) atoms. The largest absolute Gasteiger partial charge is 0.490 e. The summed E-state index contributed by atoms with van der Waals surface area (Å²) in [4.78, 5) is 14.5. The quantitative estimate of drug-likeness (QED) is 0.649. The van der Waals surface area contributed by atoms with Gasteiger partial charge in [0.15, 0.2) is 5.75 Å². The molecule has 0 atom stereocenters. The fourth-order valence-electron chi connectivity index (χ4n) is 1.79. The van der Waals surface area contributed by atoms with E-state index in [1.165, 1.54) is 25.4 Å². The molecule has 7 heteroatoms. The maximum absolute atomic E-state index is 11.0. The molecule has 0 saturated heterocycles. The molecule has 1 aromatic carbocycles. The van der Waals surface area contributed by atoms with Crippen LogP contribution in [-0.4, -0.2) is 23.6 Å². The number of hydrogen-bond donors (Lipinski definition) is 1. The van der Waals surface area contributed by atoms with E-state index < -0.39 is 4.92 Å². The van der Waals surface area contributed by atoms with Crippen molar-refractivity contribution in [2.45, 2.75) is 6.92 Å². The SMILES string of the molecule is CCNc1cncc(Oc2ccc(OC)c([N+](=O)[O-])c2)c1. The lowest BCUT2D eigenvalue weighted by Crippen LogP contribution is -1.97. The first-order chi connectivity index (χ1) is 10.1. The second-order valence-corrected chi connectivity index (χ2v) is 4.13. The van der Waals surface area contributed by atoms with Gasteiger partial charge in [-0.3, -0.25) is 15.1 Å². The van der Waals surface area contributed by atoms with Crippen molar-refractivity contribution in [1.82, 2.24) is 4.98 Å². The van der Waals surface area contributed by atoms with Gasteiger partial charge >= 0.3 is 5.69 Å². The highest BCUT2D eigenvalue weighted by Gasteiger charge is 2.16. The Morgan fingerprint density at radius 2 is 2.10 bits per heavy atom. The van der Waals surface area contributed by atoms with E-state index in [-0.39, 0.29) is 11.4 Å². The molecule has 2 rings (SSSR count). The number of ether oxygens (including phenoxy) is 2. The number of nitrogens with one attached hydrogen (secondary N) is 1. The molecular formula is C14H15N3O4. The molecule has 0 unspecified atom stereocenters. The van der Waals surface area contributed by atoms with Gasteiger partial charge in [0.2, 0.25) is 0 Å². The number of nitro benzene ring substituents is 1. The van der Waals surface area contributed by atoms with Crippen LogP contribution in [0.2, 0.25) is 0 Å². The molecule has 0 fully saturated rings. The van der Waals surface area contributed by atoms with Gasteiger partial charge in [0.05, 0.1) is 36.2 Å². The zero-order chi connectivity index (χ0) is 15.2. The van der Waals surface area contributed by atoms with Gasteiger partial charge in [0.1, 0.15) is 11.5 Å². The summed E-state index contributed by atoms with van der Waals surface area (Å²) in [6, 6.07) is 6.19. The van der Waals surface area contributed by atoms with Crippen molar-refractivity contribution in [3.8, 4) is 17.2 Å². The van der Waals surface area contributed by atoms with E-state index in [0.29, 0.717) is 11.5 Å². The molecule has 1 N–H and O–H groups in total. The summed E-state index contributed by atoms with van der Waals surface area (Å²) in [6.07, 6.45) is 3.21. The van der Waals surface area contributed by atoms with E-state index in [4.69, 9.17) is 9.47 Å². The number of nitro groups is 1. The van der Waals surface area contributed by atoms with Crippen LogP contribution in [-0.2, 0) is 0 Å². The molecular weight excluding hydrogens is 274 g/mol. The molecule has 2 aromatic rings. The van der Waals surface area contributed by atoms with E-state index in [2.05, 4.69) is 10.3 Å². The predicted octanol–water partition coefficient (Wildman–Crippen LogP) is 3.22. The highest BCUT2D eigenvalue weighted by atomic mass is 16.6. The molecule has 7 nitrogen and oxygen atoms in total. The minimum atomic E-state index is -0.515. The number of nitrogens with zero attached hydrogens (tertiary/aromatic N) is 2. The first-order valence-corrected chi connectivity index (χ1v) is 6.33. The molecule has 0 saturated carbocycles. The fourth-order valence-corrected chi connectivity index (χ4v) is 1.79. The van der Waals surface area contributed by atoms with Gasteiger partial charge in [-0.15, -0.1) is 0 Å². The van der Waals surface area contributed by atoms with Crippen LogP contribution in [0, 0.1) is 10.1 Å². The van der Waals surface area contributed by atoms with Gasteiger partial charge in [0, 0.05) is 12.6 Å². The third kappa shape index (κ3) is 3.59. The summed E-state index contributed by atoms with van der Waals surface area (Å²) in [5.41, 5.74) is 0.670. The molecule has 0 aliphatic rings. The fraction of sp³-hybridized carbons (Fsp3) is 0.214. The standard InChI is InChI=1S/C14H15N3O4/c1-3-16-10-6-12(9-15-8-10)21-11-4-5-14(20-2)13(7-11)17(18)19/h4-9,16H,3H2,1-2H3. The zero-order valence-corrected chi connectivity index (χ0v) is 11.7. The van der Waals surface area contributed by atoms with Crippen molar-refractivity contribution in [2.75, 3.05) is 19.0 Å². The molecule has 1 aromatic heterocycles. The van der Waals surface area contributed by atoms with Crippen LogP contribution in [0.4, 0.5) is 11.4 Å². The summed E-state index contributed by atoms with van der Waals surface area (Å²) in [5.74, 6) is 1.03. The Labute approximate surface area is 121 Å². The van der Waals surface area contributed by atoms with Gasteiger partial charge < -0.3 is 14.8 Å². The maximum atomic E-state index is 11.0. The summed E-state index contributed by atoms with van der Waals surface area (Å²) in [7, 11) is 1.38. The normalized spacial score (nSPS) is 10.0. The van der Waals surface area contributed by atoms with Crippen molar-refractivity contribution in [1.29, 1.82) is 0 Å². The third-order valence-corrected chi connectivity index (χ3v) is 2.68. The number of hydrogen-bond acceptors (Lipinski definition) is 6. The van der Waals surface area contributed by atoms with Crippen LogP contribution >= 0.6 is 0 Å². The molecule has 0 aliphatic carbocycles. The number of aromatic nitrogens is 1. The first-order valence-electron chi connectivity index (χ1n) is 6.33. The minimum Gasteiger partial charge on any atom is -0.490 e. The molecule has 1 heterocycles. The minimum absolute atomic E-state index is 0.147. The van der Waals surface area contributed by atoms with Crippen LogP contribution in [0.1, 0.15) is 6.92 Å². The van der Waals surface area contributed by atoms with Crippen molar-refractivity contribution in [3.63, 3.8) is 0 Å². The number of pyridine rings is 1. The van der Waals surface area contributed by atoms with Crippen molar-refractivity contribution in [3.05, 3.63) is 46.8 Å². The third-order valence-electron chi connectivity index (χ3n) is 2.68. The second-order valence-electron chi connectivity index (χ2n) is 4.13. The molecule has 0 radical (unpaired) electrons. The summed E-state index contributed by atoms with van der Waals surface area (Å²) in [6.45, 7) is 2.74. The molecule has 0 aliphatic heterocycles. The molecule has 0 bridgehead atoms. The summed E-state index contributed by atoms with van der Waals surface area (Å²) in [5, 5.41) is 14.1. The lowest BCUT2D eigenvalue weighted by molar-refractivity contribution is -0.385. The van der Waals surface area contributed by atoms with E-state index >= 15 is 0 Å². The Morgan fingerprint density at radius 3 is 2.76 bits per heavy atom. The van der Waals surface area contributed by atoms with Crippen LogP contribution in [0.15, 0.2) is 36.7 Å². The van der Waals surface area contributed by atoms with Gasteiger partial charge in [0.25, 0.3) is 0 Å². The van der Waals surface area contributed by atoms with E-state index in [9.17, 15) is 10.1 Å². The predicted molar refractivity (Wildman–Crippen MR) is 78.1 cm³/mol. The smallest absolute Gasteiger partial charge is 0.314 e. The summed E-state index contributed by atoms with van der Waals surface area (Å²) >= 11 is 0. The first kappa shape index (κ1) is 14.6. The van der Waals surface area contributed by atoms with Crippen LogP contribution in [0.25, 0.3) is 0 Å². The van der Waals surface area contributed by atoms with Gasteiger partial charge in [-0.25, -0.2) is 0 Å². The van der Waals surface area contributed by atoms with Gasteiger partial charge in [-0.1, -0.05) is 0 Å². The van der Waals surface area contributed by atoms with Crippen LogP contribution in [0.3, 0.4) is 0 Å². The second kappa shape index (κ2) is 6.56. The van der Waals surface area contributed by atoms with Gasteiger partial charge in [-0.05, 0) is 19.1 Å². The molecule has 0 spiro atoms. The number of rotatable bonds is 6. The topological polar surface area (TPSA) is 86.5 Å². The van der Waals surface area contributed by atoms with Crippen molar-refractivity contribution in [2.24, 2.45) is 0 Å². The lowest BCUT2D eigenvalue weighted by atomic mass is 10.3. The van der Waals surface area contributed by atoms with Crippen molar-refractivity contribution < 1.29 is 14.4 Å². The average molecular weight is 289 g/mol.